The number of ether oxygens (including phenoxy) is 1. The molecule has 28 heavy (non-hydrogen) atoms. The molecule has 2 atom stereocenters. The van der Waals surface area contributed by atoms with Crippen LogP contribution in [0.3, 0.4) is 0 Å². The van der Waals surface area contributed by atoms with Gasteiger partial charge in [-0.15, -0.1) is 11.3 Å². The average Bonchev–Trinajstić information content (AvgIpc) is 3.24. The van der Waals surface area contributed by atoms with Crippen LogP contribution < -0.4 is 14.4 Å². The lowest BCUT2D eigenvalue weighted by Gasteiger charge is -2.29. The zero-order valence-corrected chi connectivity index (χ0v) is 17.8. The number of benzene rings is 1. The van der Waals surface area contributed by atoms with E-state index in [0.29, 0.717) is 21.6 Å². The monoisotopic (exact) mass is 422 g/mol. The molecule has 2 aromatic rings. The molecule has 8 heteroatoms. The van der Waals surface area contributed by atoms with Crippen molar-refractivity contribution in [2.45, 2.75) is 42.9 Å². The van der Waals surface area contributed by atoms with Crippen molar-refractivity contribution >= 4 is 33.0 Å². The van der Waals surface area contributed by atoms with Crippen LogP contribution in [0.5, 0.6) is 5.75 Å². The molecule has 1 fully saturated rings. The molecule has 1 aromatic heterocycles. The van der Waals surface area contributed by atoms with E-state index in [4.69, 9.17) is 4.74 Å². The van der Waals surface area contributed by atoms with Crippen LogP contribution >= 0.6 is 11.3 Å². The Labute approximate surface area is 170 Å². The number of carbonyl (C=O) groups is 1. The number of anilines is 1. The Morgan fingerprint density at radius 2 is 1.93 bits per heavy atom. The first-order valence-electron chi connectivity index (χ1n) is 9.42. The highest BCUT2D eigenvalue weighted by atomic mass is 32.2. The molecule has 6 nitrogen and oxygen atoms in total. The number of carbonyl (C=O) groups excluding carboxylic acids is 1. The number of thiophene rings is 1. The maximum absolute atomic E-state index is 12.6. The van der Waals surface area contributed by atoms with Crippen LogP contribution in [-0.4, -0.2) is 34.0 Å². The van der Waals surface area contributed by atoms with Crippen LogP contribution in [0.1, 0.15) is 32.6 Å². The second-order valence-electron chi connectivity index (χ2n) is 7.12. The van der Waals surface area contributed by atoms with E-state index < -0.39 is 10.0 Å². The standard InChI is InChI=1S/C20H26N2O4S2/c1-15-6-3-4-7-18(15)21-19(23)14-26-17-11-9-16(10-12-17)22(2)28(24,25)20-8-5-13-27-20/h5,8-13,15,18H,3-4,6-7,14H2,1-2H3,(H,21,23). The predicted molar refractivity (Wildman–Crippen MR) is 111 cm³/mol. The molecule has 1 aromatic carbocycles. The van der Waals surface area contributed by atoms with Gasteiger partial charge in [-0.2, -0.15) is 0 Å². The first-order valence-corrected chi connectivity index (χ1v) is 11.7. The molecule has 2 unspecified atom stereocenters. The SMILES string of the molecule is CC1CCCCC1NC(=O)COc1ccc(N(C)S(=O)(=O)c2cccs2)cc1. The maximum Gasteiger partial charge on any atom is 0.273 e. The fraction of sp³-hybridized carbons (Fsp3) is 0.450. The van der Waals surface area contributed by atoms with Crippen molar-refractivity contribution in [1.29, 1.82) is 0 Å². The summed E-state index contributed by atoms with van der Waals surface area (Å²) < 4.78 is 32.2. The lowest BCUT2D eigenvalue weighted by atomic mass is 9.86. The van der Waals surface area contributed by atoms with Gasteiger partial charge in [-0.1, -0.05) is 25.8 Å². The van der Waals surface area contributed by atoms with Gasteiger partial charge in [0.15, 0.2) is 6.61 Å². The topological polar surface area (TPSA) is 75.7 Å². The van der Waals surface area contributed by atoms with Gasteiger partial charge in [0.2, 0.25) is 0 Å². The second-order valence-corrected chi connectivity index (χ2v) is 10.3. The molecule has 1 saturated carbocycles. The highest BCUT2D eigenvalue weighted by molar-refractivity contribution is 7.94. The van der Waals surface area contributed by atoms with Gasteiger partial charge < -0.3 is 10.1 Å². The molecule has 1 aliphatic carbocycles. The molecule has 1 N–H and O–H groups in total. The summed E-state index contributed by atoms with van der Waals surface area (Å²) in [6, 6.07) is 10.2. The quantitative estimate of drug-likeness (QED) is 0.739. The minimum atomic E-state index is -3.56. The number of rotatable bonds is 7. The third-order valence-corrected chi connectivity index (χ3v) is 8.30. The van der Waals surface area contributed by atoms with Gasteiger partial charge in [-0.3, -0.25) is 9.10 Å². The molecule has 0 saturated heterocycles. The summed E-state index contributed by atoms with van der Waals surface area (Å²) in [6.45, 7) is 2.12. The zero-order valence-electron chi connectivity index (χ0n) is 16.1. The van der Waals surface area contributed by atoms with E-state index in [0.717, 1.165) is 19.3 Å². The first-order chi connectivity index (χ1) is 13.4. The van der Waals surface area contributed by atoms with Crippen LogP contribution in [-0.2, 0) is 14.8 Å². The Morgan fingerprint density at radius 1 is 1.21 bits per heavy atom. The lowest BCUT2D eigenvalue weighted by molar-refractivity contribution is -0.124. The third-order valence-electron chi connectivity index (χ3n) is 5.14. The molecule has 0 aliphatic heterocycles. The van der Waals surface area contributed by atoms with E-state index in [1.54, 1.807) is 41.8 Å². The number of nitrogens with one attached hydrogen (secondary N) is 1. The van der Waals surface area contributed by atoms with Gasteiger partial charge in [-0.25, -0.2) is 8.42 Å². The summed E-state index contributed by atoms with van der Waals surface area (Å²) in [5.41, 5.74) is 0.529. The van der Waals surface area contributed by atoms with Gasteiger partial charge in [0.25, 0.3) is 15.9 Å². The Morgan fingerprint density at radius 3 is 2.57 bits per heavy atom. The van der Waals surface area contributed by atoms with E-state index in [1.165, 1.54) is 29.1 Å². The van der Waals surface area contributed by atoms with Crippen LogP contribution in [0.4, 0.5) is 5.69 Å². The molecule has 3 rings (SSSR count). The Bertz CT molecular complexity index is 879. The summed E-state index contributed by atoms with van der Waals surface area (Å²) in [4.78, 5) is 12.1. The lowest BCUT2D eigenvalue weighted by Crippen LogP contribution is -2.43. The van der Waals surface area contributed by atoms with Crippen molar-refractivity contribution in [1.82, 2.24) is 5.32 Å². The smallest absolute Gasteiger partial charge is 0.273 e. The van der Waals surface area contributed by atoms with E-state index >= 15 is 0 Å². The van der Waals surface area contributed by atoms with Crippen molar-refractivity contribution in [2.75, 3.05) is 18.0 Å². The largest absolute Gasteiger partial charge is 0.484 e. The van der Waals surface area contributed by atoms with E-state index in [9.17, 15) is 13.2 Å². The molecule has 0 radical (unpaired) electrons. The predicted octanol–water partition coefficient (Wildman–Crippen LogP) is 3.65. The minimum absolute atomic E-state index is 0.0497. The molecule has 0 spiro atoms. The fourth-order valence-corrected chi connectivity index (χ4v) is 5.72. The van der Waals surface area contributed by atoms with Crippen molar-refractivity contribution in [3.8, 4) is 5.75 Å². The van der Waals surface area contributed by atoms with Crippen molar-refractivity contribution < 1.29 is 17.9 Å². The average molecular weight is 423 g/mol. The van der Waals surface area contributed by atoms with E-state index in [2.05, 4.69) is 12.2 Å². The van der Waals surface area contributed by atoms with Gasteiger partial charge in [-0.05, 0) is 54.5 Å². The molecule has 1 aliphatic rings. The summed E-state index contributed by atoms with van der Waals surface area (Å²) in [7, 11) is -2.04. The number of hydrogen-bond acceptors (Lipinski definition) is 5. The molecule has 1 heterocycles. The highest BCUT2D eigenvalue weighted by Gasteiger charge is 2.23. The fourth-order valence-electron chi connectivity index (χ4n) is 3.36. The Balaban J connectivity index is 1.55. The number of nitrogens with zero attached hydrogens (tertiary/aromatic N) is 1. The summed E-state index contributed by atoms with van der Waals surface area (Å²) in [5.74, 6) is 0.899. The summed E-state index contributed by atoms with van der Waals surface area (Å²) in [6.07, 6.45) is 4.55. The highest BCUT2D eigenvalue weighted by Crippen LogP contribution is 2.27. The molecular weight excluding hydrogens is 396 g/mol. The van der Waals surface area contributed by atoms with Crippen LogP contribution in [0.2, 0.25) is 0 Å². The third kappa shape index (κ3) is 4.86. The number of amides is 1. The van der Waals surface area contributed by atoms with Crippen molar-refractivity contribution in [2.24, 2.45) is 5.92 Å². The van der Waals surface area contributed by atoms with Crippen LogP contribution in [0.15, 0.2) is 46.0 Å². The Hall–Kier alpha value is -2.06. The molecule has 0 bridgehead atoms. The normalized spacial score (nSPS) is 19.8. The number of hydrogen-bond donors (Lipinski definition) is 1. The van der Waals surface area contributed by atoms with Crippen LogP contribution in [0, 0.1) is 5.92 Å². The second kappa shape index (κ2) is 8.96. The van der Waals surface area contributed by atoms with Crippen molar-refractivity contribution in [3.63, 3.8) is 0 Å². The van der Waals surface area contributed by atoms with Crippen molar-refractivity contribution in [3.05, 3.63) is 41.8 Å². The van der Waals surface area contributed by atoms with Crippen LogP contribution in [0.25, 0.3) is 0 Å². The van der Waals surface area contributed by atoms with Gasteiger partial charge in [0, 0.05) is 13.1 Å². The molecule has 152 valence electrons. The van der Waals surface area contributed by atoms with E-state index in [-0.39, 0.29) is 18.6 Å². The molecule has 1 amide bonds. The molecular formula is C20H26N2O4S2. The van der Waals surface area contributed by atoms with E-state index in [1.807, 2.05) is 0 Å². The summed E-state index contributed by atoms with van der Waals surface area (Å²) in [5, 5.41) is 4.79. The first kappa shape index (κ1) is 20.7. The minimum Gasteiger partial charge on any atom is -0.484 e. The maximum atomic E-state index is 12.6. The van der Waals surface area contributed by atoms with Gasteiger partial charge >= 0.3 is 0 Å². The zero-order chi connectivity index (χ0) is 20.1. The van der Waals surface area contributed by atoms with Gasteiger partial charge in [0.1, 0.15) is 9.96 Å². The number of sulfonamides is 1. The Kier molecular flexibility index (Phi) is 6.61. The van der Waals surface area contributed by atoms with Gasteiger partial charge in [0.05, 0.1) is 5.69 Å². The summed E-state index contributed by atoms with van der Waals surface area (Å²) >= 11 is 1.18.